The monoisotopic (exact) mass is 759 g/mol. The Labute approximate surface area is 332 Å². The summed E-state index contributed by atoms with van der Waals surface area (Å²) in [5.41, 5.74) is 9.43. The molecule has 288 valence electrons. The smallest absolute Gasteiger partial charge is 0.347 e. The van der Waals surface area contributed by atoms with E-state index in [1.807, 2.05) is 54.6 Å². The molecule has 8 heteroatoms. The lowest BCUT2D eigenvalue weighted by Crippen LogP contribution is -2.48. The summed E-state index contributed by atoms with van der Waals surface area (Å²) < 4.78 is 12.8. The van der Waals surface area contributed by atoms with Crippen molar-refractivity contribution in [1.29, 1.82) is 0 Å². The molecular weight excluding hydrogens is 706 g/mol. The van der Waals surface area contributed by atoms with Gasteiger partial charge in [-0.05, 0) is 109 Å². The number of ether oxygens (including phenoxy) is 2. The van der Waals surface area contributed by atoms with Crippen molar-refractivity contribution >= 4 is 18.4 Å². The van der Waals surface area contributed by atoms with E-state index in [0.29, 0.717) is 30.0 Å². The van der Waals surface area contributed by atoms with E-state index in [1.54, 1.807) is 24.3 Å². The number of rotatable bonds is 14. The Bertz CT molecular complexity index is 1820. The van der Waals surface area contributed by atoms with Gasteiger partial charge in [-0.3, -0.25) is 9.80 Å². The van der Waals surface area contributed by atoms with Crippen molar-refractivity contribution in [1.82, 2.24) is 9.80 Å². The zero-order chi connectivity index (χ0) is 37.2. The minimum Gasteiger partial charge on any atom is -0.489 e. The van der Waals surface area contributed by atoms with Crippen LogP contribution in [0.2, 0.25) is 0 Å². The summed E-state index contributed by atoms with van der Waals surface area (Å²) in [6, 6.07) is 45.6. The summed E-state index contributed by atoms with van der Waals surface area (Å²) in [6.45, 7) is 6.52. The summed E-state index contributed by atoms with van der Waals surface area (Å²) in [7, 11) is 0. The minimum atomic E-state index is -1.99. The van der Waals surface area contributed by atoms with Crippen LogP contribution in [-0.2, 0) is 41.4 Å². The first-order valence-corrected chi connectivity index (χ1v) is 19.5. The lowest BCUT2D eigenvalue weighted by atomic mass is 9.79. The van der Waals surface area contributed by atoms with Gasteiger partial charge in [0.2, 0.25) is 5.60 Å². The van der Waals surface area contributed by atoms with Gasteiger partial charge in [0, 0.05) is 19.6 Å². The number of likely N-dealkylation sites (tertiary alicyclic amines) is 2. The molecule has 0 aliphatic carbocycles. The second-order valence-corrected chi connectivity index (χ2v) is 15.0. The number of carbonyl (C=O) groups is 1. The average Bonchev–Trinajstić information content (AvgIpc) is 3.24. The fourth-order valence-electron chi connectivity index (χ4n) is 8.16. The maximum absolute atomic E-state index is 14.7. The maximum atomic E-state index is 14.7. The van der Waals surface area contributed by atoms with Gasteiger partial charge in [0.15, 0.2) is 0 Å². The Morgan fingerprint density at radius 1 is 0.618 bits per heavy atom. The number of benzene rings is 5. The summed E-state index contributed by atoms with van der Waals surface area (Å²) >= 11 is 0. The number of nitrogens with zero attached hydrogens (tertiary/aromatic N) is 2. The Kier molecular flexibility index (Phi) is 14.2. The van der Waals surface area contributed by atoms with Crippen LogP contribution in [0.5, 0.6) is 5.75 Å². The molecule has 0 amide bonds. The number of piperidine rings is 2. The third-order valence-corrected chi connectivity index (χ3v) is 11.4. The molecule has 0 aromatic heterocycles. The van der Waals surface area contributed by atoms with Crippen molar-refractivity contribution in [3.63, 3.8) is 0 Å². The summed E-state index contributed by atoms with van der Waals surface area (Å²) in [5.74, 6) is 0.446. The molecule has 7 rings (SSSR count). The fourth-order valence-corrected chi connectivity index (χ4v) is 8.16. The number of esters is 1. The zero-order valence-corrected chi connectivity index (χ0v) is 32.4. The number of hydrogen-bond donors (Lipinski definition) is 2. The van der Waals surface area contributed by atoms with E-state index in [1.165, 1.54) is 11.1 Å². The number of aliphatic hydroxyl groups is 1. The predicted molar refractivity (Wildman–Crippen MR) is 221 cm³/mol. The highest BCUT2D eigenvalue weighted by Crippen LogP contribution is 2.38. The first-order chi connectivity index (χ1) is 26.5. The van der Waals surface area contributed by atoms with Gasteiger partial charge in [0.05, 0.1) is 0 Å². The number of nitrogens with two attached hydrogens (primary N) is 1. The zero-order valence-electron chi connectivity index (χ0n) is 31.5. The molecule has 1 unspecified atom stereocenters. The number of hydrogen-bond acceptors (Lipinski definition) is 7. The Hall–Kier alpha value is -4.50. The van der Waals surface area contributed by atoms with Gasteiger partial charge in [-0.2, -0.15) is 0 Å². The van der Waals surface area contributed by atoms with E-state index in [0.717, 1.165) is 76.1 Å². The van der Waals surface area contributed by atoms with E-state index in [2.05, 4.69) is 70.5 Å². The molecule has 2 aliphatic heterocycles. The van der Waals surface area contributed by atoms with Crippen LogP contribution >= 0.6 is 12.4 Å². The molecule has 1 atom stereocenters. The van der Waals surface area contributed by atoms with Gasteiger partial charge in [0.1, 0.15) is 18.5 Å². The second-order valence-electron chi connectivity index (χ2n) is 15.0. The molecule has 5 aromatic rings. The van der Waals surface area contributed by atoms with E-state index in [-0.39, 0.29) is 30.3 Å². The summed E-state index contributed by atoms with van der Waals surface area (Å²) in [5, 5.41) is 12.6. The van der Waals surface area contributed by atoms with Crippen molar-refractivity contribution in [2.24, 2.45) is 17.6 Å². The third-order valence-electron chi connectivity index (χ3n) is 11.4. The first kappa shape index (κ1) is 40.2. The Balaban J connectivity index is 0.00000514. The quantitative estimate of drug-likeness (QED) is 0.111. The first-order valence-electron chi connectivity index (χ1n) is 19.5. The number of carbonyl (C=O) groups excluding carboxylic acids is 1. The molecule has 5 aromatic carbocycles. The SMILES string of the molecule is Cl.NCc1ccc(COc2ccc(C(O)(C(=O)OC(C3CCN(Cc4ccccc4)CC3)C3CCN(Cc4ccccc4)CC3)c3ccccc3)cc2)cc1. The van der Waals surface area contributed by atoms with Crippen molar-refractivity contribution < 1.29 is 19.4 Å². The molecule has 2 saturated heterocycles. The molecule has 3 N–H and O–H groups in total. The van der Waals surface area contributed by atoms with Gasteiger partial charge >= 0.3 is 5.97 Å². The normalized spacial score (nSPS) is 16.9. The van der Waals surface area contributed by atoms with E-state index in [4.69, 9.17) is 15.2 Å². The van der Waals surface area contributed by atoms with Crippen molar-refractivity contribution in [3.05, 3.63) is 173 Å². The van der Waals surface area contributed by atoms with E-state index in [9.17, 15) is 9.90 Å². The fraction of sp³-hybridized carbons (Fsp3) is 0.340. The number of halogens is 1. The Morgan fingerprint density at radius 2 is 1.05 bits per heavy atom. The molecule has 55 heavy (non-hydrogen) atoms. The summed E-state index contributed by atoms with van der Waals surface area (Å²) in [4.78, 5) is 19.7. The average molecular weight is 760 g/mol. The molecular formula is C47H54ClN3O4. The molecule has 2 heterocycles. The lowest BCUT2D eigenvalue weighted by molar-refractivity contribution is -0.177. The van der Waals surface area contributed by atoms with E-state index >= 15 is 0 Å². The van der Waals surface area contributed by atoms with Crippen LogP contribution in [0.3, 0.4) is 0 Å². The minimum absolute atomic E-state index is 0. The largest absolute Gasteiger partial charge is 0.489 e. The van der Waals surface area contributed by atoms with Crippen LogP contribution in [0, 0.1) is 11.8 Å². The van der Waals surface area contributed by atoms with Gasteiger partial charge in [-0.1, -0.05) is 127 Å². The van der Waals surface area contributed by atoms with Gasteiger partial charge in [-0.25, -0.2) is 4.79 Å². The standard InChI is InChI=1S/C47H53N3O4.ClH/c48-32-36-16-18-39(19-17-36)35-53-44-22-20-43(21-23-44)47(52,42-14-8-3-9-15-42)46(51)54-45(40-24-28-49(29-25-40)33-37-10-4-1-5-11-37)41-26-30-50(31-27-41)34-38-12-6-2-7-13-38;/h1-23,40-41,45,52H,24-35,48H2;1H. The van der Waals surface area contributed by atoms with Crippen LogP contribution in [-0.4, -0.2) is 53.2 Å². The van der Waals surface area contributed by atoms with Crippen LogP contribution < -0.4 is 10.5 Å². The van der Waals surface area contributed by atoms with Crippen LogP contribution in [0.15, 0.2) is 140 Å². The van der Waals surface area contributed by atoms with Crippen molar-refractivity contribution in [3.8, 4) is 5.75 Å². The van der Waals surface area contributed by atoms with Crippen LogP contribution in [0.1, 0.15) is 59.1 Å². The van der Waals surface area contributed by atoms with Crippen molar-refractivity contribution in [2.75, 3.05) is 26.2 Å². The summed E-state index contributed by atoms with van der Waals surface area (Å²) in [6.07, 6.45) is 3.48. The van der Waals surface area contributed by atoms with Gasteiger partial charge < -0.3 is 20.3 Å². The highest BCUT2D eigenvalue weighted by molar-refractivity contribution is 5.86. The highest BCUT2D eigenvalue weighted by Gasteiger charge is 2.45. The topological polar surface area (TPSA) is 88.3 Å². The molecule has 0 radical (unpaired) electrons. The second kappa shape index (κ2) is 19.4. The lowest BCUT2D eigenvalue weighted by Gasteiger charge is -2.42. The van der Waals surface area contributed by atoms with Crippen LogP contribution in [0.25, 0.3) is 0 Å². The molecule has 0 bridgehead atoms. The van der Waals surface area contributed by atoms with Gasteiger partial charge in [0.25, 0.3) is 0 Å². The third kappa shape index (κ3) is 10.2. The van der Waals surface area contributed by atoms with Crippen molar-refractivity contribution in [2.45, 2.75) is 63.6 Å². The molecule has 0 saturated carbocycles. The molecule has 7 nitrogen and oxygen atoms in total. The Morgan fingerprint density at radius 3 is 1.53 bits per heavy atom. The van der Waals surface area contributed by atoms with Crippen LogP contribution in [0.4, 0.5) is 0 Å². The maximum Gasteiger partial charge on any atom is 0.347 e. The predicted octanol–water partition coefficient (Wildman–Crippen LogP) is 8.12. The van der Waals surface area contributed by atoms with E-state index < -0.39 is 11.6 Å². The molecule has 2 aliphatic rings. The highest BCUT2D eigenvalue weighted by atomic mass is 35.5. The molecule has 2 fully saturated rings. The molecule has 0 spiro atoms. The van der Waals surface area contributed by atoms with Gasteiger partial charge in [-0.15, -0.1) is 12.4 Å².